The Morgan fingerprint density at radius 3 is 2.69 bits per heavy atom. The van der Waals surface area contributed by atoms with Crippen LogP contribution in [0.4, 0.5) is 11.4 Å². The second kappa shape index (κ2) is 3.66. The molecule has 0 amide bonds. The summed E-state index contributed by atoms with van der Waals surface area (Å²) in [5.41, 5.74) is 8.55. The lowest BCUT2D eigenvalue weighted by atomic mass is 10.0. The van der Waals surface area contributed by atoms with Gasteiger partial charge in [-0.1, -0.05) is 6.92 Å². The predicted molar refractivity (Wildman–Crippen MR) is 64.2 cm³/mol. The van der Waals surface area contributed by atoms with Crippen LogP contribution in [0.25, 0.3) is 11.0 Å². The third-order valence-electron chi connectivity index (χ3n) is 2.80. The van der Waals surface area contributed by atoms with Crippen LogP contribution in [0.1, 0.15) is 27.2 Å². The van der Waals surface area contributed by atoms with Crippen molar-refractivity contribution in [3.8, 4) is 0 Å². The molecule has 0 aliphatic carbocycles. The number of fused-ring (bicyclic) bond motifs is 1. The number of nitrogen functional groups attached to an aromatic ring is 1. The van der Waals surface area contributed by atoms with E-state index in [1.54, 1.807) is 6.07 Å². The fourth-order valence-electron chi connectivity index (χ4n) is 1.44. The van der Waals surface area contributed by atoms with Gasteiger partial charge in [-0.15, -0.1) is 0 Å². The quantitative estimate of drug-likeness (QED) is 0.777. The van der Waals surface area contributed by atoms with Crippen molar-refractivity contribution >= 4 is 22.4 Å². The fourth-order valence-corrected chi connectivity index (χ4v) is 1.44. The third-order valence-corrected chi connectivity index (χ3v) is 2.80. The van der Waals surface area contributed by atoms with Gasteiger partial charge < -0.3 is 11.1 Å². The molecule has 5 heteroatoms. The molecule has 0 atom stereocenters. The highest BCUT2D eigenvalue weighted by molar-refractivity contribution is 5.95. The zero-order chi connectivity index (χ0) is 11.8. The van der Waals surface area contributed by atoms with Gasteiger partial charge in [0.25, 0.3) is 0 Å². The molecule has 0 aliphatic heterocycles. The Morgan fingerprint density at radius 2 is 2.00 bits per heavy atom. The Labute approximate surface area is 94.0 Å². The molecule has 0 aliphatic rings. The van der Waals surface area contributed by atoms with Crippen LogP contribution in [0.3, 0.4) is 0 Å². The van der Waals surface area contributed by atoms with Crippen LogP contribution >= 0.6 is 0 Å². The van der Waals surface area contributed by atoms with Crippen molar-refractivity contribution in [2.75, 3.05) is 11.1 Å². The topological polar surface area (TPSA) is 77.0 Å². The minimum Gasteiger partial charge on any atom is -0.397 e. The largest absolute Gasteiger partial charge is 0.397 e. The van der Waals surface area contributed by atoms with Crippen LogP contribution in [0.2, 0.25) is 0 Å². The van der Waals surface area contributed by atoms with Crippen molar-refractivity contribution in [2.45, 2.75) is 32.7 Å². The molecule has 0 bridgehead atoms. The maximum Gasteiger partial charge on any atom is 0.160 e. The predicted octanol–water partition coefficient (Wildman–Crippen LogP) is 2.41. The minimum absolute atomic E-state index is 0.00198. The zero-order valence-corrected chi connectivity index (χ0v) is 9.74. The highest BCUT2D eigenvalue weighted by atomic mass is 16.6. The molecule has 0 saturated carbocycles. The maximum absolute atomic E-state index is 5.78. The molecule has 2 aromatic rings. The van der Waals surface area contributed by atoms with E-state index in [1.165, 1.54) is 0 Å². The maximum atomic E-state index is 5.78. The van der Waals surface area contributed by atoms with Crippen molar-refractivity contribution in [1.82, 2.24) is 10.3 Å². The summed E-state index contributed by atoms with van der Waals surface area (Å²) in [7, 11) is 0. The lowest BCUT2D eigenvalue weighted by molar-refractivity contribution is 0.315. The first kappa shape index (κ1) is 10.7. The highest BCUT2D eigenvalue weighted by Gasteiger charge is 2.18. The molecule has 0 fully saturated rings. The van der Waals surface area contributed by atoms with Crippen molar-refractivity contribution in [1.29, 1.82) is 0 Å². The molecule has 5 nitrogen and oxygen atoms in total. The van der Waals surface area contributed by atoms with Crippen LogP contribution in [0.15, 0.2) is 16.8 Å². The summed E-state index contributed by atoms with van der Waals surface area (Å²) < 4.78 is 4.71. The Balaban J connectivity index is 2.46. The number of aromatic nitrogens is 2. The van der Waals surface area contributed by atoms with Crippen LogP contribution in [-0.2, 0) is 0 Å². The Kier molecular flexibility index (Phi) is 2.46. The summed E-state index contributed by atoms with van der Waals surface area (Å²) >= 11 is 0. The second-order valence-electron chi connectivity index (χ2n) is 4.53. The smallest absolute Gasteiger partial charge is 0.160 e. The van der Waals surface area contributed by atoms with Gasteiger partial charge in [-0.25, -0.2) is 4.63 Å². The molecule has 1 aromatic heterocycles. The third kappa shape index (κ3) is 1.80. The number of benzene rings is 1. The van der Waals surface area contributed by atoms with E-state index in [9.17, 15) is 0 Å². The van der Waals surface area contributed by atoms with Crippen molar-refractivity contribution in [2.24, 2.45) is 0 Å². The van der Waals surface area contributed by atoms with E-state index in [0.29, 0.717) is 16.7 Å². The molecular formula is C11H16N4O. The number of anilines is 2. The standard InChI is InChI=1S/C11H16N4O/c1-4-11(2,3)13-8-6-5-7(12)9-10(8)15-16-14-9/h5-6,13H,4,12H2,1-3H3. The fraction of sp³-hybridized carbons (Fsp3) is 0.455. The molecule has 0 spiro atoms. The van der Waals surface area contributed by atoms with Gasteiger partial charge in [0.1, 0.15) is 0 Å². The minimum atomic E-state index is 0.00198. The van der Waals surface area contributed by atoms with E-state index in [1.807, 2.05) is 6.07 Å². The molecule has 1 aromatic carbocycles. The van der Waals surface area contributed by atoms with Crippen LogP contribution in [0, 0.1) is 0 Å². The molecule has 1 heterocycles. The average molecular weight is 220 g/mol. The van der Waals surface area contributed by atoms with Crippen LogP contribution in [-0.4, -0.2) is 15.9 Å². The van der Waals surface area contributed by atoms with E-state index in [0.717, 1.165) is 12.1 Å². The lowest BCUT2D eigenvalue weighted by Crippen LogP contribution is -2.29. The number of nitrogens with one attached hydrogen (secondary N) is 1. The Bertz CT molecular complexity index is 504. The van der Waals surface area contributed by atoms with E-state index >= 15 is 0 Å². The van der Waals surface area contributed by atoms with Gasteiger partial charge >= 0.3 is 0 Å². The summed E-state index contributed by atoms with van der Waals surface area (Å²) in [6.45, 7) is 6.38. The van der Waals surface area contributed by atoms with Crippen LogP contribution < -0.4 is 11.1 Å². The number of hydrogen-bond donors (Lipinski definition) is 2. The summed E-state index contributed by atoms with van der Waals surface area (Å²) in [4.78, 5) is 0. The summed E-state index contributed by atoms with van der Waals surface area (Å²) in [5.74, 6) is 0. The Morgan fingerprint density at radius 1 is 1.31 bits per heavy atom. The molecule has 0 radical (unpaired) electrons. The van der Waals surface area contributed by atoms with E-state index < -0.39 is 0 Å². The lowest BCUT2D eigenvalue weighted by Gasteiger charge is -2.25. The van der Waals surface area contributed by atoms with Crippen molar-refractivity contribution in [3.63, 3.8) is 0 Å². The monoisotopic (exact) mass is 220 g/mol. The van der Waals surface area contributed by atoms with Gasteiger partial charge in [-0.3, -0.25) is 0 Å². The van der Waals surface area contributed by atoms with E-state index in [2.05, 4.69) is 36.4 Å². The zero-order valence-electron chi connectivity index (χ0n) is 9.74. The average Bonchev–Trinajstić information content (AvgIpc) is 2.72. The molecule has 2 rings (SSSR count). The molecule has 16 heavy (non-hydrogen) atoms. The van der Waals surface area contributed by atoms with E-state index in [-0.39, 0.29) is 5.54 Å². The van der Waals surface area contributed by atoms with Gasteiger partial charge in [0, 0.05) is 5.54 Å². The van der Waals surface area contributed by atoms with Gasteiger partial charge in [-0.2, -0.15) is 0 Å². The molecule has 3 N–H and O–H groups in total. The summed E-state index contributed by atoms with van der Waals surface area (Å²) in [6, 6.07) is 3.71. The SMILES string of the molecule is CCC(C)(C)Nc1ccc(N)c2nonc12. The first-order chi connectivity index (χ1) is 7.53. The first-order valence-electron chi connectivity index (χ1n) is 5.32. The molecule has 0 unspecified atom stereocenters. The number of hydrogen-bond acceptors (Lipinski definition) is 5. The molecular weight excluding hydrogens is 204 g/mol. The van der Waals surface area contributed by atoms with Gasteiger partial charge in [0.15, 0.2) is 11.0 Å². The summed E-state index contributed by atoms with van der Waals surface area (Å²) in [6.07, 6.45) is 1.00. The van der Waals surface area contributed by atoms with Gasteiger partial charge in [0.2, 0.25) is 0 Å². The number of nitrogens with zero attached hydrogens (tertiary/aromatic N) is 2. The van der Waals surface area contributed by atoms with E-state index in [4.69, 9.17) is 10.4 Å². The van der Waals surface area contributed by atoms with Gasteiger partial charge in [-0.05, 0) is 42.7 Å². The van der Waals surface area contributed by atoms with Gasteiger partial charge in [0.05, 0.1) is 11.4 Å². The highest BCUT2D eigenvalue weighted by Crippen LogP contribution is 2.28. The van der Waals surface area contributed by atoms with Crippen molar-refractivity contribution < 1.29 is 4.63 Å². The van der Waals surface area contributed by atoms with Crippen molar-refractivity contribution in [3.05, 3.63) is 12.1 Å². The second-order valence-corrected chi connectivity index (χ2v) is 4.53. The number of nitrogens with two attached hydrogens (primary N) is 1. The molecule has 0 saturated heterocycles. The van der Waals surface area contributed by atoms with Crippen LogP contribution in [0.5, 0.6) is 0 Å². The number of rotatable bonds is 3. The summed E-state index contributed by atoms with van der Waals surface area (Å²) in [5, 5.41) is 11.1. The normalized spacial score (nSPS) is 11.9. The first-order valence-corrected chi connectivity index (χ1v) is 5.32. The molecule has 86 valence electrons. The Hall–Kier alpha value is -1.78.